The topological polar surface area (TPSA) is 55.4 Å². The number of nitrogens with one attached hydrogen (secondary N) is 1. The molecule has 1 heterocycles. The van der Waals surface area contributed by atoms with E-state index in [1.807, 2.05) is 19.9 Å². The van der Waals surface area contributed by atoms with Gasteiger partial charge in [0.05, 0.1) is 12.2 Å². The number of carbonyl (C=O) groups excluding carboxylic acids is 2. The number of esters is 1. The minimum Gasteiger partial charge on any atom is -0.462 e. The molecule has 0 saturated heterocycles. The van der Waals surface area contributed by atoms with Gasteiger partial charge in [-0.2, -0.15) is 0 Å². The molecule has 0 aliphatic rings. The van der Waals surface area contributed by atoms with Crippen LogP contribution in [0.25, 0.3) is 0 Å². The van der Waals surface area contributed by atoms with E-state index in [-0.39, 0.29) is 23.2 Å². The average Bonchev–Trinajstić information content (AvgIpc) is 2.89. The van der Waals surface area contributed by atoms with Gasteiger partial charge in [-0.1, -0.05) is 41.5 Å². The van der Waals surface area contributed by atoms with Crippen LogP contribution in [0.4, 0.5) is 5.00 Å². The number of thiophene rings is 1. The first-order chi connectivity index (χ1) is 11.1. The monoisotopic (exact) mass is 353 g/mol. The summed E-state index contributed by atoms with van der Waals surface area (Å²) in [7, 11) is 0. The number of carbonyl (C=O) groups is 2. The summed E-state index contributed by atoms with van der Waals surface area (Å²) in [6.07, 6.45) is 1.77. The first-order valence-electron chi connectivity index (χ1n) is 8.70. The predicted octanol–water partition coefficient (Wildman–Crippen LogP) is 5.45. The second kappa shape index (κ2) is 8.65. The van der Waals surface area contributed by atoms with Gasteiger partial charge in [-0.15, -0.1) is 11.3 Å². The Morgan fingerprint density at radius 3 is 2.38 bits per heavy atom. The van der Waals surface area contributed by atoms with Crippen molar-refractivity contribution in [3.63, 3.8) is 0 Å². The van der Waals surface area contributed by atoms with Gasteiger partial charge in [0.15, 0.2) is 0 Å². The summed E-state index contributed by atoms with van der Waals surface area (Å²) >= 11 is 1.49. The van der Waals surface area contributed by atoms with Crippen molar-refractivity contribution in [2.75, 3.05) is 11.9 Å². The lowest BCUT2D eigenvalue weighted by atomic mass is 9.85. The molecule has 0 aliphatic carbocycles. The maximum absolute atomic E-state index is 12.2. The van der Waals surface area contributed by atoms with E-state index in [0.717, 1.165) is 17.7 Å². The lowest BCUT2D eigenvalue weighted by Gasteiger charge is -2.22. The van der Waals surface area contributed by atoms with Crippen LogP contribution in [-0.2, 0) is 9.53 Å². The van der Waals surface area contributed by atoms with Crippen molar-refractivity contribution >= 4 is 28.2 Å². The average molecular weight is 354 g/mol. The van der Waals surface area contributed by atoms with Gasteiger partial charge in [0, 0.05) is 10.8 Å². The molecule has 2 atom stereocenters. The smallest absolute Gasteiger partial charge is 0.341 e. The Hall–Kier alpha value is -1.36. The molecule has 0 fully saturated rings. The van der Waals surface area contributed by atoms with Crippen molar-refractivity contribution in [1.82, 2.24) is 0 Å². The van der Waals surface area contributed by atoms with Gasteiger partial charge in [-0.25, -0.2) is 4.79 Å². The van der Waals surface area contributed by atoms with Crippen LogP contribution in [0, 0.1) is 11.3 Å². The molecular formula is C19H31NO3S. The van der Waals surface area contributed by atoms with E-state index in [1.165, 1.54) is 11.3 Å². The Kier molecular flexibility index (Phi) is 7.46. The maximum atomic E-state index is 12.2. The van der Waals surface area contributed by atoms with Crippen LogP contribution in [0.15, 0.2) is 6.07 Å². The molecule has 0 bridgehead atoms. The summed E-state index contributed by atoms with van der Waals surface area (Å²) in [5.41, 5.74) is 0.669. The fraction of sp³-hybridized carbons (Fsp3) is 0.684. The van der Waals surface area contributed by atoms with Gasteiger partial charge in [0.1, 0.15) is 5.00 Å². The number of anilines is 1. The standard InChI is InChI=1S/C19H31NO3S/c1-8-12(3)16(21)20-17-14(18(22)23-9-2)10-15(24-17)13(4)11-19(5,6)7/h10,12-13H,8-9,11H2,1-7H3,(H,20,21)/t12-,13-/m0/s1. The molecule has 0 aliphatic heterocycles. The van der Waals surface area contributed by atoms with Crippen LogP contribution in [-0.4, -0.2) is 18.5 Å². The summed E-state index contributed by atoms with van der Waals surface area (Å²) in [6.45, 7) is 14.7. The molecule has 0 radical (unpaired) electrons. The molecule has 136 valence electrons. The highest BCUT2D eigenvalue weighted by Crippen LogP contribution is 2.38. The van der Waals surface area contributed by atoms with Crippen molar-refractivity contribution in [1.29, 1.82) is 0 Å². The molecule has 5 heteroatoms. The molecular weight excluding hydrogens is 322 g/mol. The number of amides is 1. The minimum atomic E-state index is -0.373. The van der Waals surface area contributed by atoms with Crippen molar-refractivity contribution < 1.29 is 14.3 Å². The molecule has 0 saturated carbocycles. The molecule has 1 rings (SSSR count). The third kappa shape index (κ3) is 5.93. The first kappa shape index (κ1) is 20.7. The largest absolute Gasteiger partial charge is 0.462 e. The summed E-state index contributed by atoms with van der Waals surface area (Å²) in [6, 6.07) is 1.88. The van der Waals surface area contributed by atoms with E-state index >= 15 is 0 Å². The van der Waals surface area contributed by atoms with E-state index in [1.54, 1.807) is 6.92 Å². The lowest BCUT2D eigenvalue weighted by molar-refractivity contribution is -0.119. The van der Waals surface area contributed by atoms with Crippen LogP contribution in [0.1, 0.15) is 82.5 Å². The molecule has 1 aromatic heterocycles. The molecule has 1 aromatic rings. The van der Waals surface area contributed by atoms with Crippen molar-refractivity contribution in [2.24, 2.45) is 11.3 Å². The molecule has 1 N–H and O–H groups in total. The highest BCUT2D eigenvalue weighted by Gasteiger charge is 2.24. The van der Waals surface area contributed by atoms with Crippen LogP contribution < -0.4 is 5.32 Å². The Balaban J connectivity index is 3.10. The summed E-state index contributed by atoms with van der Waals surface area (Å²) in [5.74, 6) is -0.197. The van der Waals surface area contributed by atoms with Gasteiger partial charge in [0.2, 0.25) is 5.91 Å². The molecule has 24 heavy (non-hydrogen) atoms. The van der Waals surface area contributed by atoms with E-state index < -0.39 is 0 Å². The second-order valence-electron chi connectivity index (χ2n) is 7.58. The van der Waals surface area contributed by atoms with Crippen LogP contribution in [0.2, 0.25) is 0 Å². The number of hydrogen-bond donors (Lipinski definition) is 1. The van der Waals surface area contributed by atoms with Crippen molar-refractivity contribution in [3.8, 4) is 0 Å². The van der Waals surface area contributed by atoms with Crippen molar-refractivity contribution in [3.05, 3.63) is 16.5 Å². The van der Waals surface area contributed by atoms with Gasteiger partial charge in [0.25, 0.3) is 0 Å². The zero-order valence-electron chi connectivity index (χ0n) is 16.0. The van der Waals surface area contributed by atoms with E-state index in [2.05, 4.69) is 33.0 Å². The third-order valence-corrected chi connectivity index (χ3v) is 5.23. The molecule has 0 aromatic carbocycles. The van der Waals surface area contributed by atoms with Gasteiger partial charge >= 0.3 is 5.97 Å². The quantitative estimate of drug-likeness (QED) is 0.663. The lowest BCUT2D eigenvalue weighted by Crippen LogP contribution is -2.20. The Morgan fingerprint density at radius 1 is 1.25 bits per heavy atom. The number of hydrogen-bond acceptors (Lipinski definition) is 4. The number of ether oxygens (including phenoxy) is 1. The fourth-order valence-electron chi connectivity index (χ4n) is 2.55. The van der Waals surface area contributed by atoms with Crippen LogP contribution in [0.5, 0.6) is 0 Å². The summed E-state index contributed by atoms with van der Waals surface area (Å²) in [4.78, 5) is 25.6. The Bertz CT molecular complexity index is 572. The first-order valence-corrected chi connectivity index (χ1v) is 9.52. The van der Waals surface area contributed by atoms with Crippen LogP contribution in [0.3, 0.4) is 0 Å². The third-order valence-electron chi connectivity index (χ3n) is 3.95. The summed E-state index contributed by atoms with van der Waals surface area (Å²) < 4.78 is 5.15. The minimum absolute atomic E-state index is 0.0556. The number of rotatable bonds is 7. The highest BCUT2D eigenvalue weighted by molar-refractivity contribution is 7.16. The zero-order valence-corrected chi connectivity index (χ0v) is 16.8. The van der Waals surface area contributed by atoms with E-state index in [9.17, 15) is 9.59 Å². The zero-order chi connectivity index (χ0) is 18.5. The van der Waals surface area contributed by atoms with Gasteiger partial charge < -0.3 is 10.1 Å². The molecule has 0 spiro atoms. The Morgan fingerprint density at radius 2 is 1.88 bits per heavy atom. The van der Waals surface area contributed by atoms with E-state index in [0.29, 0.717) is 23.1 Å². The molecule has 4 nitrogen and oxygen atoms in total. The molecule has 1 amide bonds. The Labute approximate surface area is 150 Å². The van der Waals surface area contributed by atoms with Gasteiger partial charge in [-0.3, -0.25) is 4.79 Å². The fourth-order valence-corrected chi connectivity index (χ4v) is 3.65. The van der Waals surface area contributed by atoms with Crippen LogP contribution >= 0.6 is 11.3 Å². The second-order valence-corrected chi connectivity index (χ2v) is 8.66. The predicted molar refractivity (Wildman–Crippen MR) is 101 cm³/mol. The van der Waals surface area contributed by atoms with Crippen molar-refractivity contribution in [2.45, 2.75) is 67.2 Å². The summed E-state index contributed by atoms with van der Waals surface area (Å²) in [5, 5.41) is 3.52. The van der Waals surface area contributed by atoms with Gasteiger partial charge in [-0.05, 0) is 37.2 Å². The SMILES string of the molecule is CCOC(=O)c1cc([C@@H](C)CC(C)(C)C)sc1NC(=O)[C@@H](C)CC. The maximum Gasteiger partial charge on any atom is 0.341 e. The normalized spacial score (nSPS) is 14.1. The molecule has 0 unspecified atom stereocenters. The van der Waals surface area contributed by atoms with E-state index in [4.69, 9.17) is 4.74 Å². The highest BCUT2D eigenvalue weighted by atomic mass is 32.1.